The summed E-state index contributed by atoms with van der Waals surface area (Å²) in [5.74, 6) is -1.68. The molecule has 0 spiro atoms. The molecule has 0 aromatic heterocycles. The van der Waals surface area contributed by atoms with Gasteiger partial charge in [-0.3, -0.25) is 0 Å². The molecular weight excluding hydrogens is 485 g/mol. The van der Waals surface area contributed by atoms with Gasteiger partial charge < -0.3 is 5.11 Å². The molecule has 7 heteroatoms. The number of alkyl halides is 1. The lowest BCUT2D eigenvalue weighted by atomic mass is 9.77. The highest BCUT2D eigenvalue weighted by atomic mass is 127. The van der Waals surface area contributed by atoms with E-state index in [2.05, 4.69) is 22.6 Å². The van der Waals surface area contributed by atoms with Crippen LogP contribution in [-0.2, 0) is 19.0 Å². The molecule has 2 atom stereocenters. The third-order valence-corrected chi connectivity index (χ3v) is 8.78. The number of sulfone groups is 1. The van der Waals surface area contributed by atoms with E-state index in [1.807, 2.05) is 0 Å². The lowest BCUT2D eigenvalue weighted by Crippen LogP contribution is -2.42. The molecule has 146 valence electrons. The fourth-order valence-electron chi connectivity index (χ4n) is 3.97. The fourth-order valence-corrected chi connectivity index (χ4v) is 6.73. The number of rotatable bonds is 5. The molecule has 2 aromatic rings. The Bertz CT molecular complexity index is 915. The molecule has 0 radical (unpaired) electrons. The van der Waals surface area contributed by atoms with Crippen molar-refractivity contribution in [3.63, 3.8) is 0 Å². The average Bonchev–Trinajstić information content (AvgIpc) is 2.69. The number of hydrogen-bond donors (Lipinski definition) is 1. The molecule has 0 saturated heterocycles. The van der Waals surface area contributed by atoms with Gasteiger partial charge in [0.15, 0.2) is 9.84 Å². The molecule has 1 aliphatic carbocycles. The number of aliphatic hydroxyl groups excluding tert-OH is 1. The Morgan fingerprint density at radius 3 is 2.48 bits per heavy atom. The molecule has 0 unspecified atom stereocenters. The second-order valence-electron chi connectivity index (χ2n) is 7.04. The molecule has 2 aromatic carbocycles. The molecule has 3 rings (SSSR count). The Balaban J connectivity index is 2.21. The van der Waals surface area contributed by atoms with Crippen LogP contribution in [-0.4, -0.2) is 20.1 Å². The number of halogens is 3. The minimum Gasteiger partial charge on any atom is -0.396 e. The van der Waals surface area contributed by atoms with Crippen LogP contribution in [0.25, 0.3) is 0 Å². The van der Waals surface area contributed by atoms with E-state index in [9.17, 15) is 22.3 Å². The first-order valence-corrected chi connectivity index (χ1v) is 11.8. The Hall–Kier alpha value is -1.06. The Morgan fingerprint density at radius 2 is 1.85 bits per heavy atom. The highest BCUT2D eigenvalue weighted by Crippen LogP contribution is 2.49. The molecule has 0 amide bonds. The standard InChI is InChI=1S/C20H21F2IO3S/c21-16-5-8-19(22)18(10-16)20(9-1-2-15(11-20)13-24)27(25,26)17-6-3-14(12-23)4-7-17/h3-8,10,15,24H,1-2,9,11-13H2/t15-,20+/m0/s1. The Morgan fingerprint density at radius 1 is 1.15 bits per heavy atom. The summed E-state index contributed by atoms with van der Waals surface area (Å²) in [5.41, 5.74) is 0.844. The van der Waals surface area contributed by atoms with Crippen molar-refractivity contribution in [2.24, 2.45) is 5.92 Å². The summed E-state index contributed by atoms with van der Waals surface area (Å²) in [7, 11) is -4.00. The SMILES string of the molecule is O=S(=O)(c1ccc(CI)cc1)[C@]1(c2cc(F)ccc2F)CCC[C@H](CO)C1. The zero-order valence-corrected chi connectivity index (χ0v) is 17.6. The van der Waals surface area contributed by atoms with Crippen LogP contribution in [0.5, 0.6) is 0 Å². The lowest BCUT2D eigenvalue weighted by Gasteiger charge is -2.40. The van der Waals surface area contributed by atoms with Crippen molar-refractivity contribution >= 4 is 32.4 Å². The van der Waals surface area contributed by atoms with Gasteiger partial charge in [0.2, 0.25) is 0 Å². The van der Waals surface area contributed by atoms with E-state index in [-0.39, 0.29) is 35.8 Å². The summed E-state index contributed by atoms with van der Waals surface area (Å²) >= 11 is 2.19. The minimum absolute atomic E-state index is 0.0697. The highest BCUT2D eigenvalue weighted by molar-refractivity contribution is 14.1. The third-order valence-electron chi connectivity index (χ3n) is 5.39. The first-order valence-electron chi connectivity index (χ1n) is 8.80. The maximum absolute atomic E-state index is 14.7. The van der Waals surface area contributed by atoms with Gasteiger partial charge in [-0.2, -0.15) is 0 Å². The van der Waals surface area contributed by atoms with Gasteiger partial charge in [0.1, 0.15) is 16.4 Å². The fraction of sp³-hybridized carbons (Fsp3) is 0.400. The average molecular weight is 506 g/mol. The zero-order chi connectivity index (χ0) is 19.7. The molecule has 0 bridgehead atoms. The lowest BCUT2D eigenvalue weighted by molar-refractivity contribution is 0.167. The van der Waals surface area contributed by atoms with Crippen LogP contribution in [0.4, 0.5) is 8.78 Å². The van der Waals surface area contributed by atoms with Gasteiger partial charge in [-0.25, -0.2) is 17.2 Å². The van der Waals surface area contributed by atoms with Gasteiger partial charge >= 0.3 is 0 Å². The molecular formula is C20H21F2IO3S. The number of hydrogen-bond acceptors (Lipinski definition) is 3. The topological polar surface area (TPSA) is 54.4 Å². The van der Waals surface area contributed by atoms with Gasteiger partial charge in [-0.15, -0.1) is 0 Å². The van der Waals surface area contributed by atoms with Crippen molar-refractivity contribution in [1.29, 1.82) is 0 Å². The molecule has 0 aliphatic heterocycles. The van der Waals surface area contributed by atoms with E-state index in [0.717, 1.165) is 28.2 Å². The predicted molar refractivity (Wildman–Crippen MR) is 108 cm³/mol. The maximum Gasteiger partial charge on any atom is 0.188 e. The van der Waals surface area contributed by atoms with Crippen LogP contribution < -0.4 is 0 Å². The molecule has 0 heterocycles. The van der Waals surface area contributed by atoms with Crippen molar-refractivity contribution in [1.82, 2.24) is 0 Å². The van der Waals surface area contributed by atoms with Crippen LogP contribution in [0.3, 0.4) is 0 Å². The summed E-state index contributed by atoms with van der Waals surface area (Å²) in [4.78, 5) is 0.0957. The van der Waals surface area contributed by atoms with Gasteiger partial charge in [0, 0.05) is 16.6 Å². The van der Waals surface area contributed by atoms with E-state index >= 15 is 0 Å². The summed E-state index contributed by atoms with van der Waals surface area (Å²) < 4.78 is 55.1. The molecule has 1 fully saturated rings. The molecule has 1 N–H and O–H groups in total. The van der Waals surface area contributed by atoms with E-state index in [1.54, 1.807) is 12.1 Å². The molecule has 1 saturated carbocycles. The summed E-state index contributed by atoms with van der Waals surface area (Å²) in [6.45, 7) is -0.179. The van der Waals surface area contributed by atoms with Crippen LogP contribution in [0.2, 0.25) is 0 Å². The molecule has 27 heavy (non-hydrogen) atoms. The quantitative estimate of drug-likeness (QED) is 0.471. The number of benzene rings is 2. The van der Waals surface area contributed by atoms with Gasteiger partial charge in [0.25, 0.3) is 0 Å². The minimum atomic E-state index is -4.00. The number of aliphatic hydroxyl groups is 1. The van der Waals surface area contributed by atoms with Crippen LogP contribution in [0.15, 0.2) is 47.4 Å². The molecule has 1 aliphatic rings. The highest BCUT2D eigenvalue weighted by Gasteiger charge is 2.50. The van der Waals surface area contributed by atoms with Crippen molar-refractivity contribution < 1.29 is 22.3 Å². The van der Waals surface area contributed by atoms with Gasteiger partial charge in [-0.05, 0) is 61.1 Å². The van der Waals surface area contributed by atoms with E-state index < -0.39 is 26.2 Å². The van der Waals surface area contributed by atoms with Gasteiger partial charge in [-0.1, -0.05) is 41.1 Å². The van der Waals surface area contributed by atoms with E-state index in [4.69, 9.17) is 0 Å². The Labute approximate surface area is 171 Å². The van der Waals surface area contributed by atoms with Crippen LogP contribution in [0, 0.1) is 17.6 Å². The largest absolute Gasteiger partial charge is 0.396 e. The second kappa shape index (κ2) is 8.13. The van der Waals surface area contributed by atoms with Crippen molar-refractivity contribution in [3.05, 3.63) is 65.2 Å². The summed E-state index contributed by atoms with van der Waals surface area (Å²) in [5, 5.41) is 9.64. The summed E-state index contributed by atoms with van der Waals surface area (Å²) in [6.07, 6.45) is 1.45. The normalized spacial score (nSPS) is 23.3. The van der Waals surface area contributed by atoms with E-state index in [0.29, 0.717) is 12.8 Å². The van der Waals surface area contributed by atoms with Crippen LogP contribution in [0.1, 0.15) is 36.8 Å². The van der Waals surface area contributed by atoms with Crippen molar-refractivity contribution in [2.45, 2.75) is 39.8 Å². The van der Waals surface area contributed by atoms with E-state index in [1.165, 1.54) is 12.1 Å². The first-order chi connectivity index (χ1) is 12.8. The monoisotopic (exact) mass is 506 g/mol. The predicted octanol–water partition coefficient (Wildman–Crippen LogP) is 4.75. The van der Waals surface area contributed by atoms with Crippen molar-refractivity contribution in [2.75, 3.05) is 6.61 Å². The Kier molecular flexibility index (Phi) is 6.22. The van der Waals surface area contributed by atoms with Crippen molar-refractivity contribution in [3.8, 4) is 0 Å². The third kappa shape index (κ3) is 3.78. The smallest absolute Gasteiger partial charge is 0.188 e. The first kappa shape index (κ1) is 20.7. The maximum atomic E-state index is 14.7. The second-order valence-corrected chi connectivity index (χ2v) is 10.1. The summed E-state index contributed by atoms with van der Waals surface area (Å²) in [6, 6.07) is 9.49. The molecule has 3 nitrogen and oxygen atoms in total. The van der Waals surface area contributed by atoms with Crippen LogP contribution >= 0.6 is 22.6 Å². The zero-order valence-electron chi connectivity index (χ0n) is 14.7. The van der Waals surface area contributed by atoms with Gasteiger partial charge in [0.05, 0.1) is 4.90 Å².